The number of rotatable bonds is 3. The van der Waals surface area contributed by atoms with Gasteiger partial charge < -0.3 is 37.2 Å². The van der Waals surface area contributed by atoms with Crippen molar-refractivity contribution in [2.45, 2.75) is 52.2 Å². The van der Waals surface area contributed by atoms with Crippen molar-refractivity contribution in [2.75, 3.05) is 0 Å². The summed E-state index contributed by atoms with van der Waals surface area (Å²) in [5.41, 5.74) is 4.51. The van der Waals surface area contributed by atoms with Gasteiger partial charge in [-0.1, -0.05) is 0 Å². The molecular weight excluding hydrogens is 399 g/mol. The molecule has 0 amide bonds. The van der Waals surface area contributed by atoms with Crippen molar-refractivity contribution in [2.24, 2.45) is 0 Å². The van der Waals surface area contributed by atoms with Gasteiger partial charge >= 0.3 is 137 Å². The van der Waals surface area contributed by atoms with E-state index >= 15 is 0 Å². The SMILES string of the molecule is Cc1ccc(C(C)(C)C2=[C]([Ti+3])C([Si](C)(C)C)=CC2)cc1.[Cl-].[Cl-].[Cl-]. The van der Waals surface area contributed by atoms with Gasteiger partial charge in [0, 0.05) is 0 Å². The number of halogens is 3. The van der Waals surface area contributed by atoms with Crippen molar-refractivity contribution >= 4 is 8.07 Å². The molecule has 1 aromatic rings. The minimum absolute atomic E-state index is 0. The summed E-state index contributed by atoms with van der Waals surface area (Å²) in [6, 6.07) is 9.05. The Morgan fingerprint density at radius 2 is 1.43 bits per heavy atom. The monoisotopic (exact) mass is 422 g/mol. The molecule has 0 bridgehead atoms. The molecule has 0 fully saturated rings. The van der Waals surface area contributed by atoms with Crippen LogP contribution in [0.3, 0.4) is 0 Å². The van der Waals surface area contributed by atoms with Crippen LogP contribution in [0, 0.1) is 6.92 Å². The summed E-state index contributed by atoms with van der Waals surface area (Å²) in [6.07, 6.45) is 3.62. The van der Waals surface area contributed by atoms with Gasteiger partial charge in [-0.25, -0.2) is 0 Å². The first-order valence-corrected chi connectivity index (χ1v) is 11.7. The van der Waals surface area contributed by atoms with Crippen molar-refractivity contribution in [1.82, 2.24) is 0 Å². The third-order valence-corrected chi connectivity index (χ3v) is 7.77. The van der Waals surface area contributed by atoms with E-state index in [9.17, 15) is 0 Å². The van der Waals surface area contributed by atoms with Crippen LogP contribution in [0.5, 0.6) is 0 Å². The Morgan fingerprint density at radius 1 is 0.957 bits per heavy atom. The van der Waals surface area contributed by atoms with Gasteiger partial charge in [-0.05, 0) is 0 Å². The summed E-state index contributed by atoms with van der Waals surface area (Å²) in [4.78, 5) is 0. The molecule has 1 aliphatic rings. The first-order valence-electron chi connectivity index (χ1n) is 7.37. The third-order valence-electron chi connectivity index (χ3n) is 4.42. The molecule has 0 saturated heterocycles. The summed E-state index contributed by atoms with van der Waals surface area (Å²) >= 11 is 2.34. The maximum absolute atomic E-state index is 2.49. The van der Waals surface area contributed by atoms with Crippen LogP contribution in [0.1, 0.15) is 31.4 Å². The Bertz CT molecular complexity index is 581. The fraction of sp³-hybridized carbons (Fsp3) is 0.444. The summed E-state index contributed by atoms with van der Waals surface area (Å²) < 4.78 is 1.56. The maximum Gasteiger partial charge on any atom is -1.00 e. The molecule has 0 spiro atoms. The van der Waals surface area contributed by atoms with Crippen LogP contribution in [0.2, 0.25) is 19.6 Å². The van der Waals surface area contributed by atoms with Crippen LogP contribution in [0.15, 0.2) is 45.0 Å². The molecule has 0 saturated carbocycles. The minimum atomic E-state index is -1.21. The molecule has 0 N–H and O–H groups in total. The molecule has 0 heterocycles. The van der Waals surface area contributed by atoms with E-state index in [1.807, 2.05) is 0 Å². The standard InChI is InChI=1S/C18H25Si.3ClH.Ti/c1-14-7-9-15(10-8-14)18(2,3)16-11-12-17(13-16)19(4,5)6;;;;/h7-10,12H,11H2,1-6H3;3*1H;/q;;;;+3/p-3. The van der Waals surface area contributed by atoms with E-state index in [0.717, 1.165) is 6.42 Å². The topological polar surface area (TPSA) is 0 Å². The molecule has 0 aromatic heterocycles. The molecule has 126 valence electrons. The zero-order valence-electron chi connectivity index (χ0n) is 14.7. The van der Waals surface area contributed by atoms with Crippen molar-refractivity contribution in [3.05, 3.63) is 56.1 Å². The van der Waals surface area contributed by atoms with E-state index in [2.05, 4.69) is 91.2 Å². The van der Waals surface area contributed by atoms with E-state index in [-0.39, 0.29) is 42.6 Å². The maximum atomic E-state index is 2.49. The number of hydrogen-bond acceptors (Lipinski definition) is 0. The van der Waals surface area contributed by atoms with Crippen LogP contribution in [0.4, 0.5) is 0 Å². The van der Waals surface area contributed by atoms with Crippen LogP contribution in [-0.4, -0.2) is 8.07 Å². The molecule has 5 heteroatoms. The van der Waals surface area contributed by atoms with Crippen LogP contribution >= 0.6 is 0 Å². The van der Waals surface area contributed by atoms with Gasteiger partial charge in [0.25, 0.3) is 0 Å². The van der Waals surface area contributed by atoms with Crippen molar-refractivity contribution in [3.8, 4) is 0 Å². The van der Waals surface area contributed by atoms with E-state index in [1.54, 1.807) is 14.6 Å². The summed E-state index contributed by atoms with van der Waals surface area (Å²) in [7, 11) is -1.21. The number of allylic oxidation sites excluding steroid dienone is 4. The van der Waals surface area contributed by atoms with Crippen LogP contribution < -0.4 is 37.2 Å². The van der Waals surface area contributed by atoms with Crippen LogP contribution in [0.25, 0.3) is 0 Å². The fourth-order valence-corrected chi connectivity index (χ4v) is 7.14. The zero-order chi connectivity index (χ0) is 15.1. The minimum Gasteiger partial charge on any atom is -1.00 e. The average molecular weight is 424 g/mol. The van der Waals surface area contributed by atoms with Gasteiger partial charge in [0.2, 0.25) is 0 Å². The second-order valence-corrected chi connectivity index (χ2v) is 13.2. The second kappa shape index (κ2) is 9.27. The number of aryl methyl sites for hydroxylation is 1. The van der Waals surface area contributed by atoms with E-state index in [0.29, 0.717) is 0 Å². The Morgan fingerprint density at radius 3 is 1.83 bits per heavy atom. The smallest absolute Gasteiger partial charge is 1.00 e. The first-order chi connectivity index (χ1) is 9.14. The quantitative estimate of drug-likeness (QED) is 0.439. The van der Waals surface area contributed by atoms with E-state index in [4.69, 9.17) is 0 Å². The Hall–Kier alpha value is 0.501. The van der Waals surface area contributed by atoms with Gasteiger partial charge in [-0.15, -0.1) is 0 Å². The largest absolute Gasteiger partial charge is 1.00 e. The second-order valence-electron chi connectivity index (χ2n) is 7.42. The van der Waals surface area contributed by atoms with Gasteiger partial charge in [0.15, 0.2) is 0 Å². The van der Waals surface area contributed by atoms with Crippen LogP contribution in [-0.2, 0) is 25.9 Å². The number of benzene rings is 1. The van der Waals surface area contributed by atoms with Gasteiger partial charge in [0.1, 0.15) is 0 Å². The van der Waals surface area contributed by atoms with E-state index in [1.165, 1.54) is 11.1 Å². The first kappa shape index (κ1) is 25.7. The molecular formula is C18H25Cl3SiTi. The van der Waals surface area contributed by atoms with E-state index < -0.39 is 8.07 Å². The third kappa shape index (κ3) is 5.49. The molecule has 1 aliphatic carbocycles. The Kier molecular flexibility index (Phi) is 10.4. The van der Waals surface area contributed by atoms with Gasteiger partial charge in [-0.3, -0.25) is 0 Å². The number of hydrogen-bond donors (Lipinski definition) is 0. The van der Waals surface area contributed by atoms with Crippen molar-refractivity contribution in [1.29, 1.82) is 0 Å². The fourth-order valence-electron chi connectivity index (χ4n) is 2.96. The normalized spacial score (nSPS) is 14.5. The molecule has 2 rings (SSSR count). The van der Waals surface area contributed by atoms with Crippen molar-refractivity contribution in [3.63, 3.8) is 0 Å². The predicted octanol–water partition coefficient (Wildman–Crippen LogP) is -3.71. The Balaban J connectivity index is 0. The summed E-state index contributed by atoms with van der Waals surface area (Å²) in [5.74, 6) is 0. The molecule has 0 unspecified atom stereocenters. The average Bonchev–Trinajstić information content (AvgIpc) is 2.72. The Labute approximate surface area is 173 Å². The zero-order valence-corrected chi connectivity index (χ0v) is 19.6. The molecule has 1 aromatic carbocycles. The molecule has 0 aliphatic heterocycles. The summed E-state index contributed by atoms with van der Waals surface area (Å²) in [5, 5.41) is 1.66. The molecule has 23 heavy (non-hydrogen) atoms. The van der Waals surface area contributed by atoms with Gasteiger partial charge in [-0.2, -0.15) is 0 Å². The molecule has 0 nitrogen and oxygen atoms in total. The summed E-state index contributed by atoms with van der Waals surface area (Å²) in [6.45, 7) is 14.2. The predicted molar refractivity (Wildman–Crippen MR) is 87.3 cm³/mol. The van der Waals surface area contributed by atoms with Crippen molar-refractivity contribution < 1.29 is 57.7 Å². The van der Waals surface area contributed by atoms with Gasteiger partial charge in [0.05, 0.1) is 0 Å². The molecule has 0 radical (unpaired) electrons. The molecule has 0 atom stereocenters.